The van der Waals surface area contributed by atoms with Gasteiger partial charge in [0.1, 0.15) is 0 Å². The Bertz CT molecular complexity index is 418. The van der Waals surface area contributed by atoms with Crippen LogP contribution in [0.4, 0.5) is 0 Å². The highest BCUT2D eigenvalue weighted by Crippen LogP contribution is 2.14. The van der Waals surface area contributed by atoms with Crippen LogP contribution in [0.3, 0.4) is 0 Å². The van der Waals surface area contributed by atoms with Gasteiger partial charge >= 0.3 is 23.9 Å². The van der Waals surface area contributed by atoms with Crippen molar-refractivity contribution in [2.75, 3.05) is 0 Å². The number of rotatable bonds is 18. The number of carbonyl (C=O) groups is 4. The Hall–Kier alpha value is -2.12. The fraction of sp³-hybridized carbons (Fsp3) is 0.818. The summed E-state index contributed by atoms with van der Waals surface area (Å²) in [4.78, 5) is 42.1. The van der Waals surface area contributed by atoms with E-state index in [2.05, 4.69) is 13.8 Å². The molecule has 0 atom stereocenters. The van der Waals surface area contributed by atoms with Crippen molar-refractivity contribution in [2.45, 2.75) is 104 Å². The van der Waals surface area contributed by atoms with Crippen LogP contribution in [0.2, 0.25) is 0 Å². The van der Waals surface area contributed by atoms with Crippen molar-refractivity contribution in [3.8, 4) is 0 Å². The maximum atomic E-state index is 10.5. The molecular formula is C22H40O8. The lowest BCUT2D eigenvalue weighted by atomic mass is 10.0. The lowest BCUT2D eigenvalue weighted by molar-refractivity contribution is -0.156. The average Bonchev–Trinajstić information content (AvgIpc) is 2.66. The molecule has 0 saturated carbocycles. The molecule has 0 fully saturated rings. The van der Waals surface area contributed by atoms with Crippen LogP contribution >= 0.6 is 0 Å². The SMILES string of the molecule is CCCCCCCCC(C(=O)O)C(=O)O.CCCCCCCCC(C(=O)O)C(=O)O. The Morgan fingerprint density at radius 3 is 0.933 bits per heavy atom. The molecule has 0 saturated heterocycles. The molecule has 0 aliphatic carbocycles. The van der Waals surface area contributed by atoms with Crippen LogP contribution in [0.25, 0.3) is 0 Å². The molecule has 0 spiro atoms. The van der Waals surface area contributed by atoms with Gasteiger partial charge in [-0.05, 0) is 12.8 Å². The summed E-state index contributed by atoms with van der Waals surface area (Å²) >= 11 is 0. The number of aliphatic carboxylic acids is 4. The monoisotopic (exact) mass is 432 g/mol. The molecule has 176 valence electrons. The minimum Gasteiger partial charge on any atom is -0.481 e. The zero-order valence-corrected chi connectivity index (χ0v) is 18.5. The second-order valence-electron chi connectivity index (χ2n) is 7.57. The quantitative estimate of drug-likeness (QED) is 0.174. The zero-order chi connectivity index (χ0) is 23.4. The molecule has 0 unspecified atom stereocenters. The van der Waals surface area contributed by atoms with E-state index in [-0.39, 0.29) is 12.8 Å². The predicted octanol–water partition coefficient (Wildman–Crippen LogP) is 5.04. The molecule has 30 heavy (non-hydrogen) atoms. The highest BCUT2D eigenvalue weighted by molar-refractivity contribution is 5.93. The van der Waals surface area contributed by atoms with Gasteiger partial charge in [0.15, 0.2) is 11.8 Å². The molecule has 0 aromatic heterocycles. The molecule has 0 heterocycles. The Kier molecular flexibility index (Phi) is 20.2. The standard InChI is InChI=1S/2C11H20O4/c2*1-2-3-4-5-6-7-8-9(10(12)13)11(14)15/h2*9H,2-8H2,1H3,(H,12,13)(H,14,15). The van der Waals surface area contributed by atoms with E-state index >= 15 is 0 Å². The molecular weight excluding hydrogens is 392 g/mol. The maximum absolute atomic E-state index is 10.5. The van der Waals surface area contributed by atoms with Crippen LogP contribution in [0.15, 0.2) is 0 Å². The van der Waals surface area contributed by atoms with Gasteiger partial charge in [-0.2, -0.15) is 0 Å². The van der Waals surface area contributed by atoms with E-state index in [1.165, 1.54) is 25.7 Å². The number of carboxylic acid groups (broad SMARTS) is 4. The molecule has 0 radical (unpaired) electrons. The van der Waals surface area contributed by atoms with E-state index in [0.717, 1.165) is 38.5 Å². The van der Waals surface area contributed by atoms with Crippen molar-refractivity contribution >= 4 is 23.9 Å². The van der Waals surface area contributed by atoms with Crippen molar-refractivity contribution in [3.63, 3.8) is 0 Å². The van der Waals surface area contributed by atoms with Crippen LogP contribution in [0.1, 0.15) is 104 Å². The van der Waals surface area contributed by atoms with Gasteiger partial charge in [-0.1, -0.05) is 90.9 Å². The molecule has 8 nitrogen and oxygen atoms in total. The van der Waals surface area contributed by atoms with Crippen molar-refractivity contribution in [1.29, 1.82) is 0 Å². The Labute approximate surface area is 179 Å². The lowest BCUT2D eigenvalue weighted by Crippen LogP contribution is -2.23. The molecule has 0 aliphatic heterocycles. The van der Waals surface area contributed by atoms with Gasteiger partial charge in [0.05, 0.1) is 0 Å². The summed E-state index contributed by atoms with van der Waals surface area (Å²) in [5.74, 6) is -7.36. The summed E-state index contributed by atoms with van der Waals surface area (Å²) in [6.45, 7) is 4.26. The highest BCUT2D eigenvalue weighted by Gasteiger charge is 2.25. The largest absolute Gasteiger partial charge is 0.481 e. The first-order chi connectivity index (χ1) is 14.2. The average molecular weight is 433 g/mol. The minimum absolute atomic E-state index is 0.247. The summed E-state index contributed by atoms with van der Waals surface area (Å²) in [5.41, 5.74) is 0. The Balaban J connectivity index is 0. The number of unbranched alkanes of at least 4 members (excludes halogenated alkanes) is 10. The molecule has 0 aliphatic rings. The third-order valence-corrected chi connectivity index (χ3v) is 4.89. The van der Waals surface area contributed by atoms with Crippen molar-refractivity contribution < 1.29 is 39.6 Å². The number of hydrogen-bond acceptors (Lipinski definition) is 4. The minimum atomic E-state index is -1.23. The molecule has 4 N–H and O–H groups in total. The van der Waals surface area contributed by atoms with Gasteiger partial charge < -0.3 is 20.4 Å². The summed E-state index contributed by atoms with van der Waals surface area (Å²) in [6, 6.07) is 0. The summed E-state index contributed by atoms with van der Waals surface area (Å²) < 4.78 is 0. The van der Waals surface area contributed by atoms with Gasteiger partial charge in [-0.15, -0.1) is 0 Å². The molecule has 0 aromatic carbocycles. The first kappa shape index (κ1) is 30.1. The summed E-state index contributed by atoms with van der Waals surface area (Å²) in [7, 11) is 0. The number of carboxylic acids is 4. The van der Waals surface area contributed by atoms with Gasteiger partial charge in [0, 0.05) is 0 Å². The molecule has 0 amide bonds. The summed E-state index contributed by atoms with van der Waals surface area (Å²) in [6.07, 6.45) is 12.9. The normalized spacial score (nSPS) is 10.5. The van der Waals surface area contributed by atoms with E-state index in [1.807, 2.05) is 0 Å². The molecule has 0 aromatic rings. The van der Waals surface area contributed by atoms with E-state index in [0.29, 0.717) is 12.8 Å². The van der Waals surface area contributed by atoms with E-state index in [1.54, 1.807) is 0 Å². The topological polar surface area (TPSA) is 149 Å². The second kappa shape index (κ2) is 20.2. The molecule has 0 bridgehead atoms. The predicted molar refractivity (Wildman–Crippen MR) is 114 cm³/mol. The van der Waals surface area contributed by atoms with Crippen LogP contribution in [-0.4, -0.2) is 44.3 Å². The first-order valence-corrected chi connectivity index (χ1v) is 11.1. The third-order valence-electron chi connectivity index (χ3n) is 4.89. The fourth-order valence-electron chi connectivity index (χ4n) is 2.96. The zero-order valence-electron chi connectivity index (χ0n) is 18.5. The van der Waals surface area contributed by atoms with Crippen LogP contribution in [-0.2, 0) is 19.2 Å². The van der Waals surface area contributed by atoms with E-state index < -0.39 is 35.7 Å². The van der Waals surface area contributed by atoms with Gasteiger partial charge in [-0.3, -0.25) is 19.2 Å². The first-order valence-electron chi connectivity index (χ1n) is 11.1. The highest BCUT2D eigenvalue weighted by atomic mass is 16.4. The molecule has 8 heteroatoms. The van der Waals surface area contributed by atoms with Gasteiger partial charge in [0.25, 0.3) is 0 Å². The fourth-order valence-corrected chi connectivity index (χ4v) is 2.96. The maximum Gasteiger partial charge on any atom is 0.317 e. The van der Waals surface area contributed by atoms with Crippen LogP contribution in [0, 0.1) is 11.8 Å². The van der Waals surface area contributed by atoms with E-state index in [4.69, 9.17) is 20.4 Å². The Morgan fingerprint density at radius 1 is 0.467 bits per heavy atom. The van der Waals surface area contributed by atoms with Crippen molar-refractivity contribution in [2.24, 2.45) is 11.8 Å². The van der Waals surface area contributed by atoms with Crippen LogP contribution < -0.4 is 0 Å². The molecule has 0 rings (SSSR count). The van der Waals surface area contributed by atoms with Gasteiger partial charge in [-0.25, -0.2) is 0 Å². The van der Waals surface area contributed by atoms with Crippen molar-refractivity contribution in [3.05, 3.63) is 0 Å². The van der Waals surface area contributed by atoms with Crippen LogP contribution in [0.5, 0.6) is 0 Å². The summed E-state index contributed by atoms with van der Waals surface area (Å²) in [5, 5.41) is 34.4. The second-order valence-corrected chi connectivity index (χ2v) is 7.57. The smallest absolute Gasteiger partial charge is 0.317 e. The van der Waals surface area contributed by atoms with Gasteiger partial charge in [0.2, 0.25) is 0 Å². The van der Waals surface area contributed by atoms with E-state index in [9.17, 15) is 19.2 Å². The Morgan fingerprint density at radius 2 is 0.700 bits per heavy atom. The number of hydrogen-bond donors (Lipinski definition) is 4. The van der Waals surface area contributed by atoms with Crippen molar-refractivity contribution in [1.82, 2.24) is 0 Å². The third kappa shape index (κ3) is 17.9. The lowest BCUT2D eigenvalue weighted by Gasteiger charge is -2.06.